The summed E-state index contributed by atoms with van der Waals surface area (Å²) >= 11 is 0. The van der Waals surface area contributed by atoms with Gasteiger partial charge in [-0.15, -0.1) is 0 Å². The predicted octanol–water partition coefficient (Wildman–Crippen LogP) is 1.65. The first-order chi connectivity index (χ1) is 7.65. The fraction of sp³-hybridized carbons (Fsp3) is 0.333. The molecule has 0 aliphatic rings. The molecule has 2 N–H and O–H groups in total. The largest absolute Gasteiger partial charge is 0.326 e. The van der Waals surface area contributed by atoms with E-state index in [2.05, 4.69) is 17.0 Å². The number of rotatable bonds is 2. The summed E-state index contributed by atoms with van der Waals surface area (Å²) in [4.78, 5) is 4.36. The zero-order valence-electron chi connectivity index (χ0n) is 9.86. The van der Waals surface area contributed by atoms with E-state index in [1.54, 1.807) is 6.20 Å². The molecule has 0 radical (unpaired) electrons. The van der Waals surface area contributed by atoms with Crippen LogP contribution in [0.25, 0.3) is 5.82 Å². The number of hydrogen-bond donors (Lipinski definition) is 1. The predicted molar refractivity (Wildman–Crippen MR) is 63.5 cm³/mol. The summed E-state index contributed by atoms with van der Waals surface area (Å²) in [5, 5.41) is 4.49. The molecule has 0 aromatic carbocycles. The number of aryl methyl sites for hydroxylation is 1. The quantitative estimate of drug-likeness (QED) is 0.830. The zero-order chi connectivity index (χ0) is 11.7. The Hall–Kier alpha value is -1.68. The Bertz CT molecular complexity index is 514. The van der Waals surface area contributed by atoms with Gasteiger partial charge in [0.1, 0.15) is 0 Å². The molecule has 0 spiro atoms. The maximum absolute atomic E-state index is 5.70. The number of hydrogen-bond acceptors (Lipinski definition) is 3. The van der Waals surface area contributed by atoms with Crippen LogP contribution in [0.3, 0.4) is 0 Å². The number of nitrogens with two attached hydrogens (primary N) is 1. The molecule has 4 heteroatoms. The summed E-state index contributed by atoms with van der Waals surface area (Å²) in [6, 6.07) is 3.87. The van der Waals surface area contributed by atoms with Gasteiger partial charge in [0.2, 0.25) is 0 Å². The molecule has 0 fully saturated rings. The Morgan fingerprint density at radius 2 is 2.06 bits per heavy atom. The highest BCUT2D eigenvalue weighted by atomic mass is 15.3. The van der Waals surface area contributed by atoms with Crippen LogP contribution >= 0.6 is 0 Å². The third-order valence-corrected chi connectivity index (χ3v) is 2.94. The van der Waals surface area contributed by atoms with Crippen molar-refractivity contribution in [3.05, 3.63) is 40.8 Å². The van der Waals surface area contributed by atoms with Gasteiger partial charge >= 0.3 is 0 Å². The number of nitrogens with zero attached hydrogens (tertiary/aromatic N) is 3. The second kappa shape index (κ2) is 4.06. The van der Waals surface area contributed by atoms with Crippen LogP contribution in [0.4, 0.5) is 0 Å². The highest BCUT2D eigenvalue weighted by Gasteiger charge is 2.12. The van der Waals surface area contributed by atoms with Gasteiger partial charge in [0.25, 0.3) is 0 Å². The zero-order valence-corrected chi connectivity index (χ0v) is 9.86. The van der Waals surface area contributed by atoms with E-state index >= 15 is 0 Å². The molecule has 84 valence electrons. The van der Waals surface area contributed by atoms with Gasteiger partial charge in [-0.1, -0.05) is 6.07 Å². The van der Waals surface area contributed by atoms with Crippen molar-refractivity contribution in [2.75, 3.05) is 0 Å². The van der Waals surface area contributed by atoms with E-state index < -0.39 is 0 Å². The minimum Gasteiger partial charge on any atom is -0.326 e. The van der Waals surface area contributed by atoms with Crippen molar-refractivity contribution in [3.63, 3.8) is 0 Å². The molecule has 4 nitrogen and oxygen atoms in total. The summed E-state index contributed by atoms with van der Waals surface area (Å²) in [6.45, 7) is 6.59. The fourth-order valence-corrected chi connectivity index (χ4v) is 1.71. The highest BCUT2D eigenvalue weighted by molar-refractivity contribution is 5.37. The van der Waals surface area contributed by atoms with Crippen LogP contribution < -0.4 is 5.73 Å². The van der Waals surface area contributed by atoms with Crippen molar-refractivity contribution in [2.45, 2.75) is 27.3 Å². The lowest BCUT2D eigenvalue weighted by Crippen LogP contribution is -2.09. The molecule has 0 unspecified atom stereocenters. The summed E-state index contributed by atoms with van der Waals surface area (Å²) in [5.41, 5.74) is 10.1. The maximum atomic E-state index is 5.70. The van der Waals surface area contributed by atoms with Gasteiger partial charge in [-0.05, 0) is 32.4 Å². The molecule has 0 saturated heterocycles. The van der Waals surface area contributed by atoms with Gasteiger partial charge in [0, 0.05) is 24.0 Å². The molecule has 2 aromatic rings. The molecule has 0 bridgehead atoms. The lowest BCUT2D eigenvalue weighted by atomic mass is 10.2. The second-order valence-corrected chi connectivity index (χ2v) is 3.90. The van der Waals surface area contributed by atoms with Crippen molar-refractivity contribution < 1.29 is 0 Å². The van der Waals surface area contributed by atoms with Crippen LogP contribution in [-0.2, 0) is 6.54 Å². The lowest BCUT2D eigenvalue weighted by molar-refractivity contribution is 0.788. The summed E-state index contributed by atoms with van der Waals surface area (Å²) in [6.07, 6.45) is 1.76. The smallest absolute Gasteiger partial charge is 0.158 e. The van der Waals surface area contributed by atoms with Gasteiger partial charge in [-0.2, -0.15) is 5.10 Å². The van der Waals surface area contributed by atoms with Crippen molar-refractivity contribution in [2.24, 2.45) is 5.73 Å². The van der Waals surface area contributed by atoms with Crippen molar-refractivity contribution in [1.29, 1.82) is 0 Å². The monoisotopic (exact) mass is 216 g/mol. The van der Waals surface area contributed by atoms with E-state index in [9.17, 15) is 0 Å². The number of pyridine rings is 1. The summed E-state index contributed by atoms with van der Waals surface area (Å²) < 4.78 is 1.87. The molecule has 2 aromatic heterocycles. The summed E-state index contributed by atoms with van der Waals surface area (Å²) in [5.74, 6) is 0.832. The standard InChI is InChI=1S/C12H16N4/c1-8-9(2)15-16(10(8)3)12-11(7-13)5-4-6-14-12/h4-6H,7,13H2,1-3H3. The Morgan fingerprint density at radius 3 is 2.62 bits per heavy atom. The Morgan fingerprint density at radius 1 is 1.31 bits per heavy atom. The Labute approximate surface area is 95.1 Å². The van der Waals surface area contributed by atoms with Crippen LogP contribution in [0.2, 0.25) is 0 Å². The molecule has 2 heterocycles. The average Bonchev–Trinajstić information content (AvgIpc) is 2.57. The maximum Gasteiger partial charge on any atom is 0.158 e. The lowest BCUT2D eigenvalue weighted by Gasteiger charge is -2.07. The van der Waals surface area contributed by atoms with Crippen LogP contribution in [-0.4, -0.2) is 14.8 Å². The third kappa shape index (κ3) is 1.61. The molecule has 0 saturated carbocycles. The van der Waals surface area contributed by atoms with Crippen molar-refractivity contribution >= 4 is 0 Å². The first-order valence-electron chi connectivity index (χ1n) is 5.32. The van der Waals surface area contributed by atoms with Gasteiger partial charge in [-0.25, -0.2) is 9.67 Å². The number of aromatic nitrogens is 3. The van der Waals surface area contributed by atoms with E-state index in [1.165, 1.54) is 5.56 Å². The highest BCUT2D eigenvalue weighted by Crippen LogP contribution is 2.17. The van der Waals surface area contributed by atoms with E-state index in [-0.39, 0.29) is 0 Å². The first-order valence-corrected chi connectivity index (χ1v) is 5.32. The first kappa shape index (κ1) is 10.8. The minimum atomic E-state index is 0.473. The van der Waals surface area contributed by atoms with Crippen molar-refractivity contribution in [3.8, 4) is 5.82 Å². The van der Waals surface area contributed by atoms with Crippen LogP contribution in [0.5, 0.6) is 0 Å². The van der Waals surface area contributed by atoms with Crippen molar-refractivity contribution in [1.82, 2.24) is 14.8 Å². The molecule has 0 aliphatic carbocycles. The topological polar surface area (TPSA) is 56.7 Å². The second-order valence-electron chi connectivity index (χ2n) is 3.90. The normalized spacial score (nSPS) is 10.8. The molecular weight excluding hydrogens is 200 g/mol. The average molecular weight is 216 g/mol. The van der Waals surface area contributed by atoms with Crippen LogP contribution in [0, 0.1) is 20.8 Å². The van der Waals surface area contributed by atoms with E-state index in [0.717, 1.165) is 22.8 Å². The SMILES string of the molecule is Cc1nn(-c2ncccc2CN)c(C)c1C. The van der Waals surface area contributed by atoms with Gasteiger partial charge in [0.05, 0.1) is 5.69 Å². The van der Waals surface area contributed by atoms with Gasteiger partial charge in [-0.3, -0.25) is 0 Å². The molecule has 0 amide bonds. The third-order valence-electron chi connectivity index (χ3n) is 2.94. The molecule has 16 heavy (non-hydrogen) atoms. The molecule has 0 aliphatic heterocycles. The molecule has 2 rings (SSSR count). The van der Waals surface area contributed by atoms with E-state index in [0.29, 0.717) is 6.54 Å². The molecule has 0 atom stereocenters. The van der Waals surface area contributed by atoms with Gasteiger partial charge < -0.3 is 5.73 Å². The van der Waals surface area contributed by atoms with Gasteiger partial charge in [0.15, 0.2) is 5.82 Å². The summed E-state index contributed by atoms with van der Waals surface area (Å²) in [7, 11) is 0. The van der Waals surface area contributed by atoms with Crippen LogP contribution in [0.1, 0.15) is 22.5 Å². The van der Waals surface area contributed by atoms with E-state index in [4.69, 9.17) is 5.73 Å². The fourth-order valence-electron chi connectivity index (χ4n) is 1.71. The molecular formula is C12H16N4. The minimum absolute atomic E-state index is 0.473. The Balaban J connectivity index is 2.63. The Kier molecular flexibility index (Phi) is 2.75. The van der Waals surface area contributed by atoms with E-state index in [1.807, 2.05) is 30.7 Å². The van der Waals surface area contributed by atoms with Crippen LogP contribution in [0.15, 0.2) is 18.3 Å².